The fraction of sp³-hybridized carbons (Fsp3) is 0.667. The van der Waals surface area contributed by atoms with Crippen molar-refractivity contribution in [1.29, 1.82) is 0 Å². The number of nitrogens with zero attached hydrogens (tertiary/aromatic N) is 3. The molecule has 3 N–H and O–H groups in total. The summed E-state index contributed by atoms with van der Waals surface area (Å²) in [7, 11) is 1.95. The smallest absolute Gasteiger partial charge is 0.328 e. The lowest BCUT2D eigenvalue weighted by atomic mass is 10.0. The Morgan fingerprint density at radius 3 is 2.33 bits per heavy atom. The summed E-state index contributed by atoms with van der Waals surface area (Å²) in [4.78, 5) is 32.4. The first kappa shape index (κ1) is 38.5. The first-order valence-corrected chi connectivity index (χ1v) is 14.3. The predicted octanol–water partition coefficient (Wildman–Crippen LogP) is 4.46. The molecule has 1 aromatic carbocycles. The molecule has 0 aliphatic carbocycles. The summed E-state index contributed by atoms with van der Waals surface area (Å²) in [5.74, 6) is 1.16. The molecule has 0 aliphatic heterocycles. The van der Waals surface area contributed by atoms with Gasteiger partial charge in [-0.3, -0.25) is 4.79 Å². The number of aromatic nitrogens is 2. The second-order valence-corrected chi connectivity index (χ2v) is 10.8. The number of nitrogens with one attached hydrogen (secondary N) is 1. The molecular formula is C27H45Cl4N5O4. The van der Waals surface area contributed by atoms with E-state index in [9.17, 15) is 9.59 Å². The van der Waals surface area contributed by atoms with Crippen LogP contribution in [0.3, 0.4) is 0 Å². The number of rotatable bonds is 17. The van der Waals surface area contributed by atoms with Gasteiger partial charge in [0.05, 0.1) is 29.8 Å². The lowest BCUT2D eigenvalue weighted by Gasteiger charge is -2.22. The number of imidazole rings is 1. The van der Waals surface area contributed by atoms with Crippen LogP contribution in [0, 0.1) is 5.92 Å². The maximum atomic E-state index is 12.9. The zero-order valence-electron chi connectivity index (χ0n) is 24.0. The van der Waals surface area contributed by atoms with Crippen molar-refractivity contribution in [2.45, 2.75) is 65.1 Å². The molecule has 0 bridgehead atoms. The van der Waals surface area contributed by atoms with Gasteiger partial charge in [0.2, 0.25) is 5.91 Å². The van der Waals surface area contributed by atoms with Crippen LogP contribution >= 0.6 is 48.0 Å². The van der Waals surface area contributed by atoms with Crippen molar-refractivity contribution in [3.8, 4) is 0 Å². The van der Waals surface area contributed by atoms with E-state index in [4.69, 9.17) is 43.4 Å². The summed E-state index contributed by atoms with van der Waals surface area (Å²) in [6, 6.07) is 4.54. The standard InChI is InChI=1S/C27H43Cl2N5O4.2ClH/c1-18(2)16-23(27(36)38-15-14-37-19(3)4)32-26(35)21(30)7-9-25-31-22-17-20(6-8-24(22)33(25)5)34(12-10-28)13-11-29;;/h6,8,17-19,21,23H,7,9-16,30H2,1-5H3,(H,32,35);2*1H/t21-,23-;;/m0../s1. The summed E-state index contributed by atoms with van der Waals surface area (Å²) in [6.45, 7) is 9.62. The first-order valence-electron chi connectivity index (χ1n) is 13.2. The monoisotopic (exact) mass is 643 g/mol. The fourth-order valence-corrected chi connectivity index (χ4v) is 4.55. The van der Waals surface area contributed by atoms with Gasteiger partial charge in [0, 0.05) is 44.0 Å². The Balaban J connectivity index is 0.00000760. The minimum absolute atomic E-state index is 0. The second-order valence-electron chi connectivity index (χ2n) is 10.0. The molecule has 0 saturated heterocycles. The molecule has 9 nitrogen and oxygen atoms in total. The number of fused-ring (bicyclic) bond motifs is 1. The van der Waals surface area contributed by atoms with Crippen molar-refractivity contribution in [3.63, 3.8) is 0 Å². The molecule has 0 aliphatic rings. The first-order chi connectivity index (χ1) is 18.1. The van der Waals surface area contributed by atoms with Gasteiger partial charge in [0.15, 0.2) is 0 Å². The van der Waals surface area contributed by atoms with Gasteiger partial charge >= 0.3 is 5.97 Å². The Hall–Kier alpha value is -1.49. The number of aryl methyl sites for hydroxylation is 2. The Morgan fingerprint density at radius 2 is 1.75 bits per heavy atom. The average molecular weight is 646 g/mol. The highest BCUT2D eigenvalue weighted by atomic mass is 35.5. The number of anilines is 1. The summed E-state index contributed by atoms with van der Waals surface area (Å²) in [5, 5.41) is 2.79. The molecule has 2 rings (SSSR count). The predicted molar refractivity (Wildman–Crippen MR) is 169 cm³/mol. The highest BCUT2D eigenvalue weighted by molar-refractivity contribution is 6.18. The number of hydrogen-bond acceptors (Lipinski definition) is 7. The summed E-state index contributed by atoms with van der Waals surface area (Å²) < 4.78 is 12.7. The minimum atomic E-state index is -0.792. The molecule has 0 radical (unpaired) electrons. The van der Waals surface area contributed by atoms with Gasteiger partial charge in [-0.15, -0.1) is 48.0 Å². The van der Waals surface area contributed by atoms with E-state index in [1.54, 1.807) is 0 Å². The third kappa shape index (κ3) is 12.2. The third-order valence-electron chi connectivity index (χ3n) is 6.13. The molecule has 2 atom stereocenters. The van der Waals surface area contributed by atoms with Crippen LogP contribution in [0.1, 0.15) is 46.4 Å². The van der Waals surface area contributed by atoms with Crippen LogP contribution in [0.5, 0.6) is 0 Å². The van der Waals surface area contributed by atoms with Gasteiger partial charge < -0.3 is 30.0 Å². The van der Waals surface area contributed by atoms with Crippen LogP contribution in [-0.4, -0.2) is 77.7 Å². The maximum absolute atomic E-state index is 12.9. The third-order valence-corrected chi connectivity index (χ3v) is 6.47. The second kappa shape index (κ2) is 19.6. The molecule has 230 valence electrons. The molecular weight excluding hydrogens is 600 g/mol. The largest absolute Gasteiger partial charge is 0.462 e. The van der Waals surface area contributed by atoms with E-state index in [1.807, 2.05) is 57.5 Å². The van der Waals surface area contributed by atoms with E-state index >= 15 is 0 Å². The zero-order chi connectivity index (χ0) is 28.2. The highest BCUT2D eigenvalue weighted by Crippen LogP contribution is 2.23. The number of hydrogen-bond donors (Lipinski definition) is 2. The molecule has 1 amide bonds. The fourth-order valence-electron chi connectivity index (χ4n) is 4.14. The van der Waals surface area contributed by atoms with Crippen molar-refractivity contribution >= 4 is 76.6 Å². The van der Waals surface area contributed by atoms with Crippen LogP contribution in [0.2, 0.25) is 0 Å². The zero-order valence-corrected chi connectivity index (χ0v) is 27.2. The van der Waals surface area contributed by atoms with Crippen LogP contribution in [0.15, 0.2) is 18.2 Å². The van der Waals surface area contributed by atoms with Crippen molar-refractivity contribution in [2.75, 3.05) is 43.0 Å². The molecule has 40 heavy (non-hydrogen) atoms. The normalized spacial score (nSPS) is 12.6. The van der Waals surface area contributed by atoms with Crippen molar-refractivity contribution in [1.82, 2.24) is 14.9 Å². The molecule has 1 heterocycles. The number of carbonyl (C=O) groups is 2. The highest BCUT2D eigenvalue weighted by Gasteiger charge is 2.26. The molecule has 1 aromatic heterocycles. The van der Waals surface area contributed by atoms with Gasteiger partial charge in [-0.05, 0) is 50.8 Å². The SMILES string of the molecule is CC(C)C[C@H](NC(=O)[C@@H](N)CCc1nc2cc(N(CCCl)CCCl)ccc2n1C)C(=O)OCCOC(C)C.Cl.Cl. The van der Waals surface area contributed by atoms with Crippen molar-refractivity contribution in [2.24, 2.45) is 18.7 Å². The van der Waals surface area contributed by atoms with E-state index in [0.29, 0.717) is 50.7 Å². The summed E-state index contributed by atoms with van der Waals surface area (Å²) in [6.07, 6.45) is 1.40. The Bertz CT molecular complexity index is 1030. The topological polar surface area (TPSA) is 112 Å². The average Bonchev–Trinajstić information content (AvgIpc) is 3.18. The van der Waals surface area contributed by atoms with E-state index in [0.717, 1.165) is 22.5 Å². The van der Waals surface area contributed by atoms with Gasteiger partial charge in [0.1, 0.15) is 18.5 Å². The van der Waals surface area contributed by atoms with Crippen LogP contribution < -0.4 is 16.0 Å². The summed E-state index contributed by atoms with van der Waals surface area (Å²) in [5.41, 5.74) is 9.07. The van der Waals surface area contributed by atoms with Gasteiger partial charge in [-0.1, -0.05) is 13.8 Å². The molecule has 13 heteroatoms. The van der Waals surface area contributed by atoms with E-state index in [2.05, 4.69) is 10.2 Å². The summed E-state index contributed by atoms with van der Waals surface area (Å²) >= 11 is 11.9. The lowest BCUT2D eigenvalue weighted by Crippen LogP contribution is -2.49. The number of benzene rings is 1. The van der Waals surface area contributed by atoms with Gasteiger partial charge in [0.25, 0.3) is 0 Å². The van der Waals surface area contributed by atoms with Crippen LogP contribution in [-0.2, 0) is 32.5 Å². The van der Waals surface area contributed by atoms with Gasteiger partial charge in [-0.25, -0.2) is 9.78 Å². The molecule has 0 unspecified atom stereocenters. The number of halogens is 4. The number of alkyl halides is 2. The van der Waals surface area contributed by atoms with Gasteiger partial charge in [-0.2, -0.15) is 0 Å². The van der Waals surface area contributed by atoms with Crippen molar-refractivity contribution in [3.05, 3.63) is 24.0 Å². The van der Waals surface area contributed by atoms with Crippen LogP contribution in [0.25, 0.3) is 11.0 Å². The number of esters is 1. The van der Waals surface area contributed by atoms with E-state index in [1.165, 1.54) is 0 Å². The number of carbonyl (C=O) groups excluding carboxylic acids is 2. The Morgan fingerprint density at radius 1 is 1.10 bits per heavy atom. The van der Waals surface area contributed by atoms with Crippen LogP contribution in [0.4, 0.5) is 5.69 Å². The molecule has 0 fully saturated rings. The quantitative estimate of drug-likeness (QED) is 0.149. The number of amides is 1. The maximum Gasteiger partial charge on any atom is 0.328 e. The minimum Gasteiger partial charge on any atom is -0.462 e. The number of ether oxygens (including phenoxy) is 2. The lowest BCUT2D eigenvalue weighted by molar-refractivity contribution is -0.150. The van der Waals surface area contributed by atoms with Crippen molar-refractivity contribution < 1.29 is 19.1 Å². The number of nitrogens with two attached hydrogens (primary N) is 1. The molecule has 2 aromatic rings. The molecule has 0 spiro atoms. The Kier molecular flexibility index (Phi) is 18.9. The molecule has 0 saturated carbocycles. The Labute approximate surface area is 260 Å². The van der Waals surface area contributed by atoms with E-state index < -0.39 is 18.1 Å². The van der Waals surface area contributed by atoms with E-state index in [-0.39, 0.29) is 49.4 Å².